The maximum absolute atomic E-state index is 13.0. The zero-order valence-electron chi connectivity index (χ0n) is 11.6. The van der Waals surface area contributed by atoms with Crippen LogP contribution in [0.2, 0.25) is 0 Å². The number of benzene rings is 1. The summed E-state index contributed by atoms with van der Waals surface area (Å²) >= 11 is 0. The average molecular weight is 280 g/mol. The number of rotatable bonds is 1. The molecule has 106 valence electrons. The van der Waals surface area contributed by atoms with E-state index in [0.717, 1.165) is 36.0 Å². The predicted molar refractivity (Wildman–Crippen MR) is 76.8 cm³/mol. The van der Waals surface area contributed by atoms with Gasteiger partial charge in [0.05, 0.1) is 11.6 Å². The van der Waals surface area contributed by atoms with E-state index in [0.29, 0.717) is 17.2 Å². The summed E-state index contributed by atoms with van der Waals surface area (Å²) < 4.78 is 0. The molecule has 1 aromatic carbocycles. The molecule has 4 fully saturated rings. The summed E-state index contributed by atoms with van der Waals surface area (Å²) in [5, 5.41) is 8.22. The van der Waals surface area contributed by atoms with Crippen molar-refractivity contribution in [2.75, 3.05) is 19.6 Å². The van der Waals surface area contributed by atoms with Gasteiger partial charge in [-0.2, -0.15) is 5.10 Å². The summed E-state index contributed by atoms with van der Waals surface area (Å²) in [7, 11) is 0. The molecule has 1 spiro atoms. The van der Waals surface area contributed by atoms with Crippen molar-refractivity contribution < 1.29 is 4.79 Å². The fraction of sp³-hybridized carbons (Fsp3) is 0.500. The number of para-hydroxylation sites is 1. The number of amides is 1. The maximum atomic E-state index is 13.0. The van der Waals surface area contributed by atoms with Gasteiger partial charge in [0.15, 0.2) is 5.69 Å². The second-order valence-corrected chi connectivity index (χ2v) is 7.00. The highest BCUT2D eigenvalue weighted by molar-refractivity contribution is 6.05. The first-order chi connectivity index (χ1) is 10.3. The summed E-state index contributed by atoms with van der Waals surface area (Å²) in [5.74, 6) is 0.852. The lowest BCUT2D eigenvalue weighted by Gasteiger charge is -2.31. The van der Waals surface area contributed by atoms with Gasteiger partial charge in [-0.05, 0) is 19.0 Å². The third-order valence-electron chi connectivity index (χ3n) is 6.47. The minimum atomic E-state index is 0.117. The fourth-order valence-electron chi connectivity index (χ4n) is 5.61. The lowest BCUT2D eigenvalue weighted by Crippen LogP contribution is -2.44. The molecular formula is C16H16N4O. The van der Waals surface area contributed by atoms with Crippen LogP contribution in [0, 0.1) is 11.3 Å². The number of hydrogen-bond donors (Lipinski definition) is 1. The summed E-state index contributed by atoms with van der Waals surface area (Å²) in [6, 6.07) is 9.11. The average Bonchev–Trinajstić information content (AvgIpc) is 2.95. The Morgan fingerprint density at radius 2 is 2.24 bits per heavy atom. The lowest BCUT2D eigenvalue weighted by atomic mass is 9.92. The summed E-state index contributed by atoms with van der Waals surface area (Å²) in [6.07, 6.45) is 1.29. The first-order valence-corrected chi connectivity index (χ1v) is 7.79. The fourth-order valence-corrected chi connectivity index (χ4v) is 5.61. The van der Waals surface area contributed by atoms with Gasteiger partial charge in [-0.3, -0.25) is 14.8 Å². The smallest absolute Gasteiger partial charge is 0.275 e. The maximum Gasteiger partial charge on any atom is 0.275 e. The second kappa shape index (κ2) is 3.14. The van der Waals surface area contributed by atoms with Crippen molar-refractivity contribution >= 4 is 16.8 Å². The van der Waals surface area contributed by atoms with Gasteiger partial charge in [0, 0.05) is 35.9 Å². The van der Waals surface area contributed by atoms with Crippen molar-refractivity contribution in [1.82, 2.24) is 20.0 Å². The van der Waals surface area contributed by atoms with Crippen LogP contribution in [0.5, 0.6) is 0 Å². The number of aromatic nitrogens is 2. The molecule has 2 aromatic rings. The predicted octanol–water partition coefficient (Wildman–Crippen LogP) is 1.09. The van der Waals surface area contributed by atoms with Crippen LogP contribution in [-0.4, -0.2) is 57.6 Å². The number of fused-ring (bicyclic) bond motifs is 1. The molecule has 5 heteroatoms. The van der Waals surface area contributed by atoms with Gasteiger partial charge in [0.25, 0.3) is 5.91 Å². The number of carbonyl (C=O) groups excluding carboxylic acids is 1. The third-order valence-corrected chi connectivity index (χ3v) is 6.47. The monoisotopic (exact) mass is 280 g/mol. The molecule has 3 saturated heterocycles. The molecule has 5 atom stereocenters. The topological polar surface area (TPSA) is 52.2 Å². The van der Waals surface area contributed by atoms with Crippen LogP contribution in [0.3, 0.4) is 0 Å². The molecule has 21 heavy (non-hydrogen) atoms. The van der Waals surface area contributed by atoms with Gasteiger partial charge >= 0.3 is 0 Å². The zero-order valence-corrected chi connectivity index (χ0v) is 11.6. The number of carbonyl (C=O) groups is 1. The van der Waals surface area contributed by atoms with Crippen LogP contribution in [0.15, 0.2) is 24.3 Å². The molecule has 4 heterocycles. The standard InChI is InChI=1S/C16H16N4O/c21-15(13-9-3-1-2-4-11(9)17-18-13)20-7-10-14-16(10)5-6-19(14)8-12(16)20/h1-4,10,12,14H,5-8H2,(H,17,18)/t10-,12+,14+,16?/m1/s1. The highest BCUT2D eigenvalue weighted by Crippen LogP contribution is 2.73. The largest absolute Gasteiger partial charge is 0.332 e. The molecule has 0 radical (unpaired) electrons. The number of piperidine rings is 4. The van der Waals surface area contributed by atoms with E-state index in [1.807, 2.05) is 24.3 Å². The minimum Gasteiger partial charge on any atom is -0.332 e. The number of likely N-dealkylation sites (tertiary alicyclic amines) is 1. The van der Waals surface area contributed by atoms with E-state index < -0.39 is 0 Å². The van der Waals surface area contributed by atoms with Crippen LogP contribution in [-0.2, 0) is 0 Å². The Morgan fingerprint density at radius 1 is 1.33 bits per heavy atom. The Labute approximate surface area is 121 Å². The number of H-pyrrole nitrogens is 1. The Kier molecular flexibility index (Phi) is 1.61. The van der Waals surface area contributed by atoms with Crippen molar-refractivity contribution in [3.05, 3.63) is 30.0 Å². The van der Waals surface area contributed by atoms with E-state index in [4.69, 9.17) is 0 Å². The van der Waals surface area contributed by atoms with E-state index in [1.165, 1.54) is 13.0 Å². The second-order valence-electron chi connectivity index (χ2n) is 7.00. The van der Waals surface area contributed by atoms with Gasteiger partial charge in [-0.25, -0.2) is 0 Å². The molecule has 1 N–H and O–H groups in total. The molecule has 2 bridgehead atoms. The van der Waals surface area contributed by atoms with Crippen LogP contribution >= 0.6 is 0 Å². The number of hydrogen-bond acceptors (Lipinski definition) is 3. The van der Waals surface area contributed by atoms with E-state index >= 15 is 0 Å². The summed E-state index contributed by atoms with van der Waals surface area (Å²) in [5.41, 5.74) is 2.00. The van der Waals surface area contributed by atoms with Gasteiger partial charge in [0.2, 0.25) is 0 Å². The SMILES string of the molecule is O=C(c1n[nH]c2ccccc12)N1C[C@@H]2[C@@H]3N4CCC23[C@@H]1C4. The Hall–Kier alpha value is -1.88. The summed E-state index contributed by atoms with van der Waals surface area (Å²) in [4.78, 5) is 17.7. The molecular weight excluding hydrogens is 264 g/mol. The first kappa shape index (κ1) is 10.8. The normalized spacial score (nSPS) is 41.8. The molecule has 3 aliphatic heterocycles. The zero-order chi connectivity index (χ0) is 13.8. The van der Waals surface area contributed by atoms with Gasteiger partial charge in [-0.15, -0.1) is 0 Å². The van der Waals surface area contributed by atoms with Crippen molar-refractivity contribution in [3.8, 4) is 0 Å². The van der Waals surface area contributed by atoms with Crippen molar-refractivity contribution in [3.63, 3.8) is 0 Å². The van der Waals surface area contributed by atoms with E-state index in [-0.39, 0.29) is 5.91 Å². The molecule has 5 nitrogen and oxygen atoms in total. The quantitative estimate of drug-likeness (QED) is 0.851. The first-order valence-electron chi connectivity index (χ1n) is 7.79. The van der Waals surface area contributed by atoms with Crippen LogP contribution in [0.25, 0.3) is 10.9 Å². The Balaban J connectivity index is 1.41. The van der Waals surface area contributed by atoms with Crippen molar-refractivity contribution in [2.24, 2.45) is 11.3 Å². The molecule has 2 unspecified atom stereocenters. The van der Waals surface area contributed by atoms with Gasteiger partial charge in [-0.1, -0.05) is 18.2 Å². The highest BCUT2D eigenvalue weighted by Gasteiger charge is 2.82. The number of nitrogens with zero attached hydrogens (tertiary/aromatic N) is 3. The number of aromatic amines is 1. The molecule has 1 aliphatic carbocycles. The molecule has 4 aliphatic rings. The van der Waals surface area contributed by atoms with Crippen LogP contribution < -0.4 is 0 Å². The molecule has 1 aromatic heterocycles. The summed E-state index contributed by atoms with van der Waals surface area (Å²) in [6.45, 7) is 3.26. The third kappa shape index (κ3) is 1.01. The van der Waals surface area contributed by atoms with Gasteiger partial charge in [0.1, 0.15) is 0 Å². The number of nitrogens with one attached hydrogen (secondary N) is 1. The lowest BCUT2D eigenvalue weighted by molar-refractivity contribution is 0.0680. The van der Waals surface area contributed by atoms with E-state index in [2.05, 4.69) is 20.0 Å². The van der Waals surface area contributed by atoms with Gasteiger partial charge < -0.3 is 4.90 Å². The van der Waals surface area contributed by atoms with Crippen molar-refractivity contribution in [1.29, 1.82) is 0 Å². The molecule has 6 rings (SSSR count). The van der Waals surface area contributed by atoms with Crippen LogP contribution in [0.1, 0.15) is 16.9 Å². The Bertz CT molecular complexity index is 798. The van der Waals surface area contributed by atoms with Crippen LogP contribution in [0.4, 0.5) is 0 Å². The van der Waals surface area contributed by atoms with E-state index in [1.54, 1.807) is 0 Å². The highest BCUT2D eigenvalue weighted by atomic mass is 16.2. The molecule has 1 saturated carbocycles. The van der Waals surface area contributed by atoms with E-state index in [9.17, 15) is 4.79 Å². The van der Waals surface area contributed by atoms with Crippen molar-refractivity contribution in [2.45, 2.75) is 18.5 Å². The Morgan fingerprint density at radius 3 is 3.10 bits per heavy atom. The molecule has 1 amide bonds. The minimum absolute atomic E-state index is 0.117.